The Morgan fingerprint density at radius 3 is 1.50 bits per heavy atom. The Bertz CT molecular complexity index is 1340. The minimum atomic E-state index is -5.37. The number of carbonyl (C=O) groups is 2. The second-order valence-corrected chi connectivity index (χ2v) is 19.4. The lowest BCUT2D eigenvalue weighted by atomic mass is 9.84. The van der Waals surface area contributed by atoms with E-state index in [1.165, 1.54) is 77.0 Å². The molecule has 388 valence electrons. The Kier molecular flexibility index (Phi) is 32.5. The monoisotopic (exact) mass is 971 g/mol. The molecule has 0 bridgehead atoms. The molecule has 0 radical (unpaired) electrons. The van der Waals surface area contributed by atoms with Gasteiger partial charge < -0.3 is 64.7 Å². The minimum absolute atomic E-state index is 0.0347. The summed E-state index contributed by atoms with van der Waals surface area (Å²) in [5, 5.41) is 82.8. The second-order valence-electron chi connectivity index (χ2n) is 18.0. The summed E-state index contributed by atoms with van der Waals surface area (Å²) in [6.45, 7) is 2.20. The van der Waals surface area contributed by atoms with Gasteiger partial charge in [0.15, 0.2) is 12.4 Å². The lowest BCUT2D eigenvalue weighted by Crippen LogP contribution is -2.67. The summed E-state index contributed by atoms with van der Waals surface area (Å²) in [5.74, 6) is -1.22. The molecule has 18 nitrogen and oxygen atoms in total. The van der Waals surface area contributed by atoms with Crippen molar-refractivity contribution in [3.63, 3.8) is 0 Å². The van der Waals surface area contributed by atoms with E-state index in [0.717, 1.165) is 64.2 Å². The van der Waals surface area contributed by atoms with E-state index >= 15 is 0 Å². The van der Waals surface area contributed by atoms with Gasteiger partial charge in [-0.05, 0) is 38.5 Å². The van der Waals surface area contributed by atoms with Crippen LogP contribution in [0.5, 0.6) is 0 Å². The van der Waals surface area contributed by atoms with Crippen molar-refractivity contribution in [2.45, 2.75) is 254 Å². The van der Waals surface area contributed by atoms with Crippen LogP contribution in [0.2, 0.25) is 0 Å². The van der Waals surface area contributed by atoms with Crippen LogP contribution < -0.4 is 0 Å². The predicted molar refractivity (Wildman–Crippen MR) is 245 cm³/mol. The van der Waals surface area contributed by atoms with Gasteiger partial charge in [0.2, 0.25) is 0 Å². The van der Waals surface area contributed by atoms with Crippen LogP contribution in [-0.2, 0) is 42.1 Å². The Morgan fingerprint density at radius 2 is 1.00 bits per heavy atom. The van der Waals surface area contributed by atoms with Gasteiger partial charge in [-0.2, -0.15) is 0 Å². The van der Waals surface area contributed by atoms with Crippen LogP contribution in [0.15, 0.2) is 12.2 Å². The molecule has 0 aromatic carbocycles. The van der Waals surface area contributed by atoms with Crippen molar-refractivity contribution in [2.75, 3.05) is 19.8 Å². The number of esters is 2. The van der Waals surface area contributed by atoms with Crippen molar-refractivity contribution >= 4 is 19.8 Å². The summed E-state index contributed by atoms with van der Waals surface area (Å²) in [4.78, 5) is 36.5. The summed E-state index contributed by atoms with van der Waals surface area (Å²) in [6, 6.07) is 0. The molecule has 1 aliphatic carbocycles. The van der Waals surface area contributed by atoms with Gasteiger partial charge in [-0.25, -0.2) is 4.57 Å². The maximum atomic E-state index is 13.4. The molecule has 1 saturated carbocycles. The van der Waals surface area contributed by atoms with E-state index < -0.39 is 113 Å². The predicted octanol–water partition coefficient (Wildman–Crippen LogP) is 5.32. The van der Waals surface area contributed by atoms with E-state index in [1.807, 2.05) is 0 Å². The SMILES string of the molecule is CCCCCCCC/C=C\CCCCCCCC(=O)OC[C@H](COP(=O)(O)O[C@@H]1C(O)C(O)[C@@H](O)C(O)[C@H]1O[C@H]1OC(CO)[C@@H](O)C(O)[C@H]1O)OC(=O)CCCCCCCCCCCCC. The number of aliphatic hydroxyl groups excluding tert-OH is 8. The smallest absolute Gasteiger partial charge is 0.462 e. The van der Waals surface area contributed by atoms with Crippen molar-refractivity contribution in [2.24, 2.45) is 0 Å². The average molecular weight is 971 g/mol. The normalized spacial score (nSPS) is 28.3. The first-order valence-corrected chi connectivity index (χ1v) is 26.5. The van der Waals surface area contributed by atoms with Gasteiger partial charge in [0.1, 0.15) is 67.6 Å². The van der Waals surface area contributed by atoms with Gasteiger partial charge in [-0.15, -0.1) is 0 Å². The van der Waals surface area contributed by atoms with Crippen LogP contribution >= 0.6 is 7.82 Å². The molecule has 6 unspecified atom stereocenters. The third-order valence-corrected chi connectivity index (χ3v) is 13.2. The third kappa shape index (κ3) is 24.3. The standard InChI is InChI=1S/C47H87O18P/c1-3-5-7-9-11-13-15-16-17-18-20-21-23-25-27-29-36(49)60-32-34(62-37(50)30-28-26-24-22-19-14-12-10-8-6-4-2)33-61-66(58,59)65-46-43(56)41(54)40(53)42(55)45(46)64-47-44(57)39(52)38(51)35(31-48)63-47/h16-17,34-35,38-48,51-57H,3-15,18-33H2,1-2H3,(H,58,59)/b17-16-/t34-,35?,38-,39?,40-,41?,42?,43?,44-,45-,46-,47-/m1/s1. The van der Waals surface area contributed by atoms with Crippen molar-refractivity contribution in [3.8, 4) is 0 Å². The fraction of sp³-hybridized carbons (Fsp3) is 0.915. The summed E-state index contributed by atoms with van der Waals surface area (Å²) in [6.07, 6.45) is 7.35. The maximum absolute atomic E-state index is 13.4. The number of hydrogen-bond acceptors (Lipinski definition) is 17. The van der Waals surface area contributed by atoms with E-state index in [2.05, 4.69) is 26.0 Å². The number of aliphatic hydroxyl groups is 8. The molecule has 0 spiro atoms. The van der Waals surface area contributed by atoms with Crippen LogP contribution in [0.25, 0.3) is 0 Å². The highest BCUT2D eigenvalue weighted by molar-refractivity contribution is 7.47. The third-order valence-electron chi connectivity index (χ3n) is 12.2. The number of ether oxygens (including phenoxy) is 4. The topological polar surface area (TPSA) is 289 Å². The fourth-order valence-electron chi connectivity index (χ4n) is 8.05. The Hall–Kier alpha value is -1.61. The zero-order valence-corrected chi connectivity index (χ0v) is 40.6. The molecule has 0 aromatic heterocycles. The molecule has 1 aliphatic heterocycles. The van der Waals surface area contributed by atoms with E-state index in [4.69, 9.17) is 28.0 Å². The zero-order valence-electron chi connectivity index (χ0n) is 39.7. The molecule has 19 heteroatoms. The van der Waals surface area contributed by atoms with Crippen molar-refractivity contribution in [1.82, 2.24) is 0 Å². The molecule has 2 rings (SSSR count). The lowest BCUT2D eigenvalue weighted by Gasteiger charge is -2.47. The van der Waals surface area contributed by atoms with Gasteiger partial charge in [-0.1, -0.05) is 142 Å². The zero-order chi connectivity index (χ0) is 48.7. The second kappa shape index (κ2) is 35.5. The maximum Gasteiger partial charge on any atom is 0.472 e. The molecule has 2 fully saturated rings. The summed E-state index contributed by atoms with van der Waals surface area (Å²) in [5.41, 5.74) is 0. The minimum Gasteiger partial charge on any atom is -0.462 e. The van der Waals surface area contributed by atoms with Gasteiger partial charge in [0.25, 0.3) is 0 Å². The highest BCUT2D eigenvalue weighted by Crippen LogP contribution is 2.48. The summed E-state index contributed by atoms with van der Waals surface area (Å²) >= 11 is 0. The molecule has 9 N–H and O–H groups in total. The molecule has 2 aliphatic rings. The Morgan fingerprint density at radius 1 is 0.561 bits per heavy atom. The largest absolute Gasteiger partial charge is 0.472 e. The quantitative estimate of drug-likeness (QED) is 0.0164. The summed E-state index contributed by atoms with van der Waals surface area (Å²) in [7, 11) is -5.37. The van der Waals surface area contributed by atoms with Crippen LogP contribution in [0.1, 0.15) is 181 Å². The number of rotatable bonds is 38. The van der Waals surface area contributed by atoms with Crippen LogP contribution in [0.4, 0.5) is 0 Å². The van der Waals surface area contributed by atoms with E-state index in [0.29, 0.717) is 12.8 Å². The number of hydrogen-bond donors (Lipinski definition) is 9. The van der Waals surface area contributed by atoms with Gasteiger partial charge >= 0.3 is 19.8 Å². The first kappa shape index (κ1) is 60.5. The highest BCUT2D eigenvalue weighted by atomic mass is 31.2. The fourth-order valence-corrected chi connectivity index (χ4v) is 9.02. The molecular formula is C47H87O18P. The molecule has 13 atom stereocenters. The molecular weight excluding hydrogens is 883 g/mol. The van der Waals surface area contributed by atoms with E-state index in [-0.39, 0.29) is 12.8 Å². The van der Waals surface area contributed by atoms with E-state index in [1.54, 1.807) is 0 Å². The van der Waals surface area contributed by atoms with Gasteiger partial charge in [-0.3, -0.25) is 18.6 Å². The first-order valence-electron chi connectivity index (χ1n) is 25.0. The number of carbonyl (C=O) groups excluding carboxylic acids is 2. The molecule has 1 heterocycles. The van der Waals surface area contributed by atoms with Crippen LogP contribution in [-0.4, -0.2) is 151 Å². The molecule has 1 saturated heterocycles. The van der Waals surface area contributed by atoms with Gasteiger partial charge in [0, 0.05) is 12.8 Å². The van der Waals surface area contributed by atoms with Crippen molar-refractivity contribution in [1.29, 1.82) is 0 Å². The number of unbranched alkanes of at least 4 members (excludes halogenated alkanes) is 21. The molecule has 66 heavy (non-hydrogen) atoms. The Balaban J connectivity index is 1.95. The molecule has 0 amide bonds. The van der Waals surface area contributed by atoms with Crippen molar-refractivity contribution in [3.05, 3.63) is 12.2 Å². The van der Waals surface area contributed by atoms with Crippen molar-refractivity contribution < 1.29 is 87.9 Å². The highest BCUT2D eigenvalue weighted by Gasteiger charge is 2.55. The van der Waals surface area contributed by atoms with E-state index in [9.17, 15) is 59.9 Å². The molecule has 0 aromatic rings. The van der Waals surface area contributed by atoms with Gasteiger partial charge in [0.05, 0.1) is 13.2 Å². The summed E-state index contributed by atoms with van der Waals surface area (Å²) < 4.78 is 45.4. The Labute approximate surface area is 393 Å². The number of phosphoric ester groups is 1. The average Bonchev–Trinajstić information content (AvgIpc) is 3.29. The number of allylic oxidation sites excluding steroid dienone is 2. The van der Waals surface area contributed by atoms with Crippen LogP contribution in [0.3, 0.4) is 0 Å². The first-order chi connectivity index (χ1) is 31.7. The van der Waals surface area contributed by atoms with Crippen LogP contribution in [0, 0.1) is 0 Å². The lowest BCUT2D eigenvalue weighted by molar-refractivity contribution is -0.338. The number of phosphoric acid groups is 1.